The molecule has 0 spiro atoms. The van der Waals surface area contributed by atoms with E-state index in [0.29, 0.717) is 25.5 Å². The van der Waals surface area contributed by atoms with E-state index in [1.165, 1.54) is 11.1 Å². The molecule has 0 heterocycles. The summed E-state index contributed by atoms with van der Waals surface area (Å²) in [5, 5.41) is 5.82. The Balaban J connectivity index is 0.00000400. The zero-order valence-corrected chi connectivity index (χ0v) is 15.2. The molecule has 5 nitrogen and oxygen atoms in total. The van der Waals surface area contributed by atoms with Crippen molar-refractivity contribution in [1.29, 1.82) is 0 Å². The Hall–Kier alpha value is -1.31. The highest BCUT2D eigenvalue weighted by Crippen LogP contribution is 2.13. The molecule has 0 fully saturated rings. The van der Waals surface area contributed by atoms with Crippen LogP contribution in [0, 0.1) is 13.8 Å². The highest BCUT2D eigenvalue weighted by molar-refractivity contribution is 14.0. The lowest BCUT2D eigenvalue weighted by Crippen LogP contribution is -2.26. The van der Waals surface area contributed by atoms with Gasteiger partial charge in [-0.25, -0.2) is 0 Å². The lowest BCUT2D eigenvalue weighted by Gasteiger charge is -2.08. The Kier molecular flexibility index (Phi) is 9.77. The fourth-order valence-electron chi connectivity index (χ4n) is 1.64. The van der Waals surface area contributed by atoms with Gasteiger partial charge in [0, 0.05) is 18.7 Å². The fraction of sp³-hybridized carbons (Fsp3) is 0.467. The number of carbonyl (C=O) groups excluding carboxylic acids is 1. The number of hydrogen-bond donors (Lipinski definition) is 3. The van der Waals surface area contributed by atoms with Crippen LogP contribution < -0.4 is 16.4 Å². The molecule has 0 unspecified atom stereocenters. The van der Waals surface area contributed by atoms with Gasteiger partial charge in [0.2, 0.25) is 5.91 Å². The number of nitrogens with two attached hydrogens (primary N) is 1. The first kappa shape index (κ1) is 19.7. The Morgan fingerprint density at radius 2 is 2.00 bits per heavy atom. The van der Waals surface area contributed by atoms with Crippen molar-refractivity contribution in [3.05, 3.63) is 29.3 Å². The van der Waals surface area contributed by atoms with Crippen LogP contribution >= 0.6 is 24.0 Å². The minimum absolute atomic E-state index is 0. The smallest absolute Gasteiger partial charge is 0.221 e. The second kappa shape index (κ2) is 10.4. The van der Waals surface area contributed by atoms with Crippen molar-refractivity contribution in [2.24, 2.45) is 10.7 Å². The molecule has 6 heteroatoms. The van der Waals surface area contributed by atoms with Gasteiger partial charge in [-0.2, -0.15) is 0 Å². The van der Waals surface area contributed by atoms with E-state index in [0.717, 1.165) is 12.1 Å². The SMILES string of the molecule is CCCNC(=O)CCN=C(N)Nc1ccc(C)c(C)c1.I. The highest BCUT2D eigenvalue weighted by atomic mass is 127. The monoisotopic (exact) mass is 404 g/mol. The first-order chi connectivity index (χ1) is 9.52. The summed E-state index contributed by atoms with van der Waals surface area (Å²) in [7, 11) is 0. The average molecular weight is 404 g/mol. The minimum atomic E-state index is 0. The van der Waals surface area contributed by atoms with E-state index in [1.807, 2.05) is 32.0 Å². The summed E-state index contributed by atoms with van der Waals surface area (Å²) in [5.41, 5.74) is 9.13. The topological polar surface area (TPSA) is 79.5 Å². The molecular weight excluding hydrogens is 379 g/mol. The Morgan fingerprint density at radius 3 is 2.62 bits per heavy atom. The number of benzene rings is 1. The van der Waals surface area contributed by atoms with Crippen molar-refractivity contribution < 1.29 is 4.79 Å². The molecule has 1 rings (SSSR count). The molecule has 0 radical (unpaired) electrons. The van der Waals surface area contributed by atoms with Gasteiger partial charge in [-0.05, 0) is 43.5 Å². The molecule has 1 aromatic rings. The largest absolute Gasteiger partial charge is 0.370 e. The Labute approximate surface area is 143 Å². The number of anilines is 1. The summed E-state index contributed by atoms with van der Waals surface area (Å²) in [5.74, 6) is 0.339. The van der Waals surface area contributed by atoms with Gasteiger partial charge in [-0.15, -0.1) is 24.0 Å². The first-order valence-electron chi connectivity index (χ1n) is 6.93. The van der Waals surface area contributed by atoms with Crippen LogP contribution in [0.15, 0.2) is 23.2 Å². The van der Waals surface area contributed by atoms with Gasteiger partial charge < -0.3 is 16.4 Å². The Morgan fingerprint density at radius 1 is 1.29 bits per heavy atom. The summed E-state index contributed by atoms with van der Waals surface area (Å²) in [6.07, 6.45) is 1.29. The summed E-state index contributed by atoms with van der Waals surface area (Å²) in [4.78, 5) is 15.5. The summed E-state index contributed by atoms with van der Waals surface area (Å²) < 4.78 is 0. The van der Waals surface area contributed by atoms with Crippen LogP contribution in [0.5, 0.6) is 0 Å². The number of rotatable bonds is 6. The Bertz CT molecular complexity index is 489. The van der Waals surface area contributed by atoms with Crippen LogP contribution in [0.25, 0.3) is 0 Å². The number of carbonyl (C=O) groups is 1. The van der Waals surface area contributed by atoms with Crippen LogP contribution in [0.3, 0.4) is 0 Å². The van der Waals surface area contributed by atoms with Crippen LogP contribution in [0.1, 0.15) is 30.9 Å². The van der Waals surface area contributed by atoms with E-state index in [4.69, 9.17) is 5.73 Å². The van der Waals surface area contributed by atoms with Crippen molar-refractivity contribution in [3.8, 4) is 0 Å². The fourth-order valence-corrected chi connectivity index (χ4v) is 1.64. The predicted octanol–water partition coefficient (Wildman–Crippen LogP) is 2.56. The maximum Gasteiger partial charge on any atom is 0.221 e. The number of aryl methyl sites for hydroxylation is 2. The maximum absolute atomic E-state index is 11.4. The number of amides is 1. The third-order valence-electron chi connectivity index (χ3n) is 2.97. The van der Waals surface area contributed by atoms with Crippen LogP contribution in [0.2, 0.25) is 0 Å². The van der Waals surface area contributed by atoms with Gasteiger partial charge in [0.15, 0.2) is 5.96 Å². The lowest BCUT2D eigenvalue weighted by atomic mass is 10.1. The van der Waals surface area contributed by atoms with E-state index in [2.05, 4.69) is 22.5 Å². The predicted molar refractivity (Wildman–Crippen MR) is 99.4 cm³/mol. The van der Waals surface area contributed by atoms with Gasteiger partial charge in [0.1, 0.15) is 0 Å². The summed E-state index contributed by atoms with van der Waals surface area (Å²) >= 11 is 0. The zero-order chi connectivity index (χ0) is 15.0. The molecule has 0 atom stereocenters. The molecule has 1 amide bonds. The highest BCUT2D eigenvalue weighted by Gasteiger charge is 2.00. The van der Waals surface area contributed by atoms with Gasteiger partial charge in [0.05, 0.1) is 6.54 Å². The van der Waals surface area contributed by atoms with Crippen molar-refractivity contribution in [2.75, 3.05) is 18.4 Å². The first-order valence-corrected chi connectivity index (χ1v) is 6.93. The van der Waals surface area contributed by atoms with E-state index >= 15 is 0 Å². The molecule has 118 valence electrons. The number of aliphatic imine (C=N–C) groups is 1. The molecule has 0 aliphatic rings. The maximum atomic E-state index is 11.4. The normalized spacial score (nSPS) is 10.7. The molecule has 0 aliphatic carbocycles. The van der Waals surface area contributed by atoms with E-state index in [9.17, 15) is 4.79 Å². The second-order valence-electron chi connectivity index (χ2n) is 4.79. The molecule has 0 saturated carbocycles. The summed E-state index contributed by atoms with van der Waals surface area (Å²) in [6.45, 7) is 7.22. The standard InChI is InChI=1S/C15H24N4O.HI/c1-4-8-17-14(20)7-9-18-15(16)19-13-6-5-11(2)12(3)10-13;/h5-6,10H,4,7-9H2,1-3H3,(H,17,20)(H3,16,18,19);1H. The average Bonchev–Trinajstić information content (AvgIpc) is 2.40. The summed E-state index contributed by atoms with van der Waals surface area (Å²) in [6, 6.07) is 6.01. The van der Waals surface area contributed by atoms with Crippen molar-refractivity contribution in [3.63, 3.8) is 0 Å². The molecule has 0 aromatic heterocycles. The number of halogens is 1. The third kappa shape index (κ3) is 7.89. The number of hydrogen-bond acceptors (Lipinski definition) is 2. The van der Waals surface area contributed by atoms with Crippen LogP contribution in [-0.2, 0) is 4.79 Å². The van der Waals surface area contributed by atoms with Gasteiger partial charge in [-0.3, -0.25) is 9.79 Å². The van der Waals surface area contributed by atoms with Crippen LogP contribution in [-0.4, -0.2) is 25.0 Å². The number of nitrogens with one attached hydrogen (secondary N) is 2. The second-order valence-corrected chi connectivity index (χ2v) is 4.79. The van der Waals surface area contributed by atoms with E-state index < -0.39 is 0 Å². The van der Waals surface area contributed by atoms with Gasteiger partial charge in [0.25, 0.3) is 0 Å². The molecule has 0 aliphatic heterocycles. The molecule has 1 aromatic carbocycles. The third-order valence-corrected chi connectivity index (χ3v) is 2.97. The van der Waals surface area contributed by atoms with Crippen LogP contribution in [0.4, 0.5) is 5.69 Å². The minimum Gasteiger partial charge on any atom is -0.370 e. The van der Waals surface area contributed by atoms with E-state index in [1.54, 1.807) is 0 Å². The van der Waals surface area contributed by atoms with E-state index in [-0.39, 0.29) is 29.9 Å². The van der Waals surface area contributed by atoms with Gasteiger partial charge in [-0.1, -0.05) is 13.0 Å². The molecule has 21 heavy (non-hydrogen) atoms. The lowest BCUT2D eigenvalue weighted by molar-refractivity contribution is -0.120. The molecule has 0 bridgehead atoms. The number of guanidine groups is 1. The van der Waals surface area contributed by atoms with Crippen molar-refractivity contribution >= 4 is 41.5 Å². The molecular formula is C15H25IN4O. The van der Waals surface area contributed by atoms with Crippen molar-refractivity contribution in [2.45, 2.75) is 33.6 Å². The van der Waals surface area contributed by atoms with Gasteiger partial charge >= 0.3 is 0 Å². The molecule has 4 N–H and O–H groups in total. The van der Waals surface area contributed by atoms with Crippen molar-refractivity contribution in [1.82, 2.24) is 5.32 Å². The zero-order valence-electron chi connectivity index (χ0n) is 12.9. The molecule has 0 saturated heterocycles. The number of nitrogens with zero attached hydrogens (tertiary/aromatic N) is 1. The quantitative estimate of drug-likeness (QED) is 0.387.